The van der Waals surface area contributed by atoms with Crippen molar-refractivity contribution in [2.75, 3.05) is 18.6 Å². The van der Waals surface area contributed by atoms with E-state index in [1.54, 1.807) is 42.6 Å². The van der Waals surface area contributed by atoms with Gasteiger partial charge in [0.1, 0.15) is 16.3 Å². The topological polar surface area (TPSA) is 73.1 Å². The van der Waals surface area contributed by atoms with Crippen LogP contribution in [-0.2, 0) is 4.79 Å². The molecule has 5 nitrogen and oxygen atoms in total. The van der Waals surface area contributed by atoms with Crippen LogP contribution in [0.4, 0.5) is 0 Å². The molecule has 1 unspecified atom stereocenters. The second-order valence-corrected chi connectivity index (χ2v) is 7.83. The van der Waals surface area contributed by atoms with Crippen molar-refractivity contribution in [1.82, 2.24) is 4.90 Å². The zero-order chi connectivity index (χ0) is 15.9. The van der Waals surface area contributed by atoms with Crippen molar-refractivity contribution in [3.05, 3.63) is 29.8 Å². The van der Waals surface area contributed by atoms with E-state index in [-0.39, 0.29) is 17.2 Å². The number of rotatable bonds is 3. The van der Waals surface area contributed by atoms with Crippen molar-refractivity contribution in [1.29, 1.82) is 0 Å². The van der Waals surface area contributed by atoms with Gasteiger partial charge in [-0.2, -0.15) is 0 Å². The molecule has 1 fully saturated rings. The van der Waals surface area contributed by atoms with Crippen LogP contribution in [0.3, 0.4) is 0 Å². The summed E-state index contributed by atoms with van der Waals surface area (Å²) in [6, 6.07) is 7.22. The maximum absolute atomic E-state index is 11.5. The lowest BCUT2D eigenvalue weighted by Crippen LogP contribution is -2.52. The molecular formula is C15H18N2O3S2. The fourth-order valence-corrected chi connectivity index (χ4v) is 5.56. The number of hydrogen-bond donors (Lipinski definition) is 2. The fraction of sp³-hybridized carbons (Fsp3) is 0.467. The Kier molecular flexibility index (Phi) is 4.13. The van der Waals surface area contributed by atoms with Crippen LogP contribution < -0.4 is 0 Å². The first-order chi connectivity index (χ1) is 10.4. The van der Waals surface area contributed by atoms with Crippen LogP contribution in [0.25, 0.3) is 0 Å². The molecule has 0 spiro atoms. The summed E-state index contributed by atoms with van der Waals surface area (Å²) in [5.74, 6) is 0.811. The van der Waals surface area contributed by atoms with E-state index in [0.717, 1.165) is 16.4 Å². The summed E-state index contributed by atoms with van der Waals surface area (Å²) >= 11 is 3.26. The first kappa shape index (κ1) is 15.7. The van der Waals surface area contributed by atoms with Crippen molar-refractivity contribution in [2.45, 2.75) is 23.9 Å². The Labute approximate surface area is 137 Å². The van der Waals surface area contributed by atoms with Crippen molar-refractivity contribution in [3.8, 4) is 5.75 Å². The maximum atomic E-state index is 11.5. The summed E-state index contributed by atoms with van der Waals surface area (Å²) < 4.78 is 0. The van der Waals surface area contributed by atoms with Gasteiger partial charge in [-0.3, -0.25) is 14.7 Å². The lowest BCUT2D eigenvalue weighted by molar-refractivity contribution is -0.147. The highest BCUT2D eigenvalue weighted by molar-refractivity contribution is 8.14. The average Bonchev–Trinajstić information content (AvgIpc) is 3.07. The van der Waals surface area contributed by atoms with E-state index < -0.39 is 11.5 Å². The number of phenols is 1. The average molecular weight is 338 g/mol. The summed E-state index contributed by atoms with van der Waals surface area (Å²) in [5.41, 5.74) is -0.0886. The molecule has 1 aromatic rings. The number of para-hydroxylation sites is 1. The minimum atomic E-state index is -0.840. The predicted molar refractivity (Wildman–Crippen MR) is 90.9 cm³/mol. The lowest BCUT2D eigenvalue weighted by Gasteiger charge is -2.31. The first-order valence-corrected chi connectivity index (χ1v) is 9.04. The van der Waals surface area contributed by atoms with E-state index in [0.29, 0.717) is 5.75 Å². The van der Waals surface area contributed by atoms with Crippen LogP contribution in [0.2, 0.25) is 0 Å². The molecule has 0 aromatic heterocycles. The van der Waals surface area contributed by atoms with Crippen molar-refractivity contribution in [2.24, 2.45) is 4.99 Å². The Balaban J connectivity index is 1.81. The number of thioether (sulfide) groups is 2. The SMILES string of the molecule is CN1[C@@H](C2CSC(c3ccccc3O)=N2)SC[C@]1(C)C(=O)O. The van der Waals surface area contributed by atoms with Gasteiger partial charge in [-0.1, -0.05) is 12.1 Å². The molecule has 2 aliphatic rings. The van der Waals surface area contributed by atoms with Gasteiger partial charge in [0.15, 0.2) is 0 Å². The van der Waals surface area contributed by atoms with Crippen molar-refractivity contribution >= 4 is 34.5 Å². The molecule has 2 aliphatic heterocycles. The predicted octanol–water partition coefficient (Wildman–Crippen LogP) is 2.10. The standard InChI is InChI=1S/C15H18N2O3S2/c1-15(14(19)20)8-22-13(17(15)2)10-7-21-12(16-10)9-5-3-4-6-11(9)18/h3-6,10,13,18H,7-8H2,1-2H3,(H,19,20)/t10?,13-,15-/m1/s1. The molecule has 7 heteroatoms. The van der Waals surface area contributed by atoms with Gasteiger partial charge in [-0.15, -0.1) is 23.5 Å². The molecule has 0 bridgehead atoms. The smallest absolute Gasteiger partial charge is 0.324 e. The molecule has 3 atom stereocenters. The van der Waals surface area contributed by atoms with Gasteiger partial charge in [-0.05, 0) is 26.1 Å². The number of hydrogen-bond acceptors (Lipinski definition) is 6. The summed E-state index contributed by atoms with van der Waals surface area (Å²) in [6.45, 7) is 1.76. The van der Waals surface area contributed by atoms with Gasteiger partial charge in [0.05, 0.1) is 11.4 Å². The number of phenolic OH excluding ortho intramolecular Hbond substituents is 1. The normalized spacial score (nSPS) is 32.2. The Bertz CT molecular complexity index is 637. The van der Waals surface area contributed by atoms with Crippen LogP contribution in [0.1, 0.15) is 12.5 Å². The molecule has 0 saturated carbocycles. The fourth-order valence-electron chi connectivity index (χ4n) is 2.66. The minimum absolute atomic E-state index is 0.0378. The Morgan fingerprint density at radius 3 is 2.82 bits per heavy atom. The molecule has 0 amide bonds. The number of benzene rings is 1. The molecule has 3 rings (SSSR count). The molecule has 0 radical (unpaired) electrons. The molecule has 1 saturated heterocycles. The summed E-state index contributed by atoms with van der Waals surface area (Å²) in [6.07, 6.45) is 0. The van der Waals surface area contributed by atoms with Crippen molar-refractivity contribution < 1.29 is 15.0 Å². The molecule has 118 valence electrons. The number of aromatic hydroxyl groups is 1. The third-order valence-electron chi connectivity index (χ3n) is 4.29. The molecule has 0 aliphatic carbocycles. The van der Waals surface area contributed by atoms with E-state index in [1.807, 2.05) is 24.1 Å². The molecule has 22 heavy (non-hydrogen) atoms. The molecule has 1 aromatic carbocycles. The first-order valence-electron chi connectivity index (χ1n) is 7.00. The second-order valence-electron chi connectivity index (χ2n) is 5.72. The van der Waals surface area contributed by atoms with Crippen LogP contribution in [0, 0.1) is 0 Å². The van der Waals surface area contributed by atoms with Crippen LogP contribution in [0.5, 0.6) is 5.75 Å². The third-order valence-corrected chi connectivity index (χ3v) is 7.10. The number of likely N-dealkylation sites (N-methyl/N-ethyl adjacent to an activating group) is 1. The number of aliphatic carboxylic acids is 1. The number of carboxylic acid groups (broad SMARTS) is 1. The van der Waals surface area contributed by atoms with Gasteiger partial charge in [0.2, 0.25) is 0 Å². The Hall–Kier alpha value is -1.18. The highest BCUT2D eigenvalue weighted by Gasteiger charge is 2.50. The van der Waals surface area contributed by atoms with Crippen LogP contribution >= 0.6 is 23.5 Å². The van der Waals surface area contributed by atoms with Gasteiger partial charge in [0.25, 0.3) is 0 Å². The van der Waals surface area contributed by atoms with E-state index in [2.05, 4.69) is 0 Å². The monoisotopic (exact) mass is 338 g/mol. The lowest BCUT2D eigenvalue weighted by atomic mass is 10.0. The quantitative estimate of drug-likeness (QED) is 0.879. The minimum Gasteiger partial charge on any atom is -0.507 e. The van der Waals surface area contributed by atoms with E-state index >= 15 is 0 Å². The number of carboxylic acids is 1. The van der Waals surface area contributed by atoms with Gasteiger partial charge < -0.3 is 10.2 Å². The summed E-state index contributed by atoms with van der Waals surface area (Å²) in [5, 5.41) is 20.3. The zero-order valence-electron chi connectivity index (χ0n) is 12.4. The van der Waals surface area contributed by atoms with E-state index in [9.17, 15) is 15.0 Å². The van der Waals surface area contributed by atoms with Crippen molar-refractivity contribution in [3.63, 3.8) is 0 Å². The van der Waals surface area contributed by atoms with Gasteiger partial charge in [-0.25, -0.2) is 0 Å². The van der Waals surface area contributed by atoms with Crippen LogP contribution in [-0.4, -0.2) is 61.6 Å². The van der Waals surface area contributed by atoms with Gasteiger partial charge in [0, 0.05) is 17.1 Å². The largest absolute Gasteiger partial charge is 0.507 e. The number of nitrogens with zero attached hydrogens (tertiary/aromatic N) is 2. The number of aliphatic imine (C=N–C) groups is 1. The third kappa shape index (κ3) is 2.51. The molecule has 2 N–H and O–H groups in total. The Morgan fingerprint density at radius 1 is 1.45 bits per heavy atom. The van der Waals surface area contributed by atoms with E-state index in [4.69, 9.17) is 4.99 Å². The molecular weight excluding hydrogens is 320 g/mol. The molecule has 2 heterocycles. The highest BCUT2D eigenvalue weighted by Crippen LogP contribution is 2.41. The number of carbonyl (C=O) groups is 1. The maximum Gasteiger partial charge on any atom is 0.324 e. The van der Waals surface area contributed by atoms with Gasteiger partial charge >= 0.3 is 5.97 Å². The summed E-state index contributed by atoms with van der Waals surface area (Å²) in [4.78, 5) is 18.2. The summed E-state index contributed by atoms with van der Waals surface area (Å²) in [7, 11) is 1.86. The highest BCUT2D eigenvalue weighted by atomic mass is 32.2. The Morgan fingerprint density at radius 2 is 2.18 bits per heavy atom. The van der Waals surface area contributed by atoms with Crippen LogP contribution in [0.15, 0.2) is 29.3 Å². The van der Waals surface area contributed by atoms with E-state index in [1.165, 1.54) is 0 Å². The zero-order valence-corrected chi connectivity index (χ0v) is 14.0. The second kappa shape index (κ2) is 5.79.